The van der Waals surface area contributed by atoms with E-state index in [1.54, 1.807) is 0 Å². The first-order valence-corrected chi connectivity index (χ1v) is 14.0. The number of ketones is 1. The van der Waals surface area contributed by atoms with Gasteiger partial charge in [0, 0.05) is 49.0 Å². The second kappa shape index (κ2) is 11.2. The first-order chi connectivity index (χ1) is 18.8. The van der Waals surface area contributed by atoms with Gasteiger partial charge in [0.05, 0.1) is 0 Å². The summed E-state index contributed by atoms with van der Waals surface area (Å²) in [6, 6.07) is 6.24. The average molecular weight is 527 g/mol. The molecule has 3 aliphatic rings. The van der Waals surface area contributed by atoms with Crippen LogP contribution in [0.5, 0.6) is 5.88 Å². The number of nitrogens with one attached hydrogen (secondary N) is 2. The quantitative estimate of drug-likeness (QED) is 0.478. The highest BCUT2D eigenvalue weighted by Crippen LogP contribution is 2.40. The van der Waals surface area contributed by atoms with Crippen LogP contribution in [0.2, 0.25) is 0 Å². The van der Waals surface area contributed by atoms with Crippen LogP contribution in [-0.2, 0) is 16.0 Å². The Hall–Kier alpha value is -3.71. The van der Waals surface area contributed by atoms with Gasteiger partial charge in [-0.25, -0.2) is 4.98 Å². The highest BCUT2D eigenvalue weighted by Gasteiger charge is 2.29. The van der Waals surface area contributed by atoms with E-state index in [0.29, 0.717) is 31.9 Å². The van der Waals surface area contributed by atoms with Crippen LogP contribution in [0.25, 0.3) is 16.7 Å². The number of likely N-dealkylation sites (N-methyl/N-ethyl adjacent to an activating group) is 1. The number of nitrogens with zero attached hydrogens (tertiary/aromatic N) is 2. The van der Waals surface area contributed by atoms with E-state index in [9.17, 15) is 9.59 Å². The molecule has 1 aromatic heterocycles. The van der Waals surface area contributed by atoms with Crippen molar-refractivity contribution in [3.05, 3.63) is 69.5 Å². The molecule has 0 unspecified atom stereocenters. The number of pyridine rings is 1. The van der Waals surface area contributed by atoms with Crippen molar-refractivity contribution in [3.8, 4) is 17.0 Å². The molecule has 2 N–H and O–H groups in total. The molecule has 7 nitrogen and oxygen atoms in total. The summed E-state index contributed by atoms with van der Waals surface area (Å²) in [5, 5.41) is 6.50. The van der Waals surface area contributed by atoms with Crippen molar-refractivity contribution in [1.29, 1.82) is 0 Å². The van der Waals surface area contributed by atoms with Gasteiger partial charge < -0.3 is 20.3 Å². The van der Waals surface area contributed by atoms with Gasteiger partial charge in [-0.3, -0.25) is 9.59 Å². The van der Waals surface area contributed by atoms with E-state index >= 15 is 0 Å². The van der Waals surface area contributed by atoms with Crippen LogP contribution >= 0.6 is 0 Å². The summed E-state index contributed by atoms with van der Waals surface area (Å²) < 4.78 is 5.69. The molecule has 1 aromatic carbocycles. The third-order valence-corrected chi connectivity index (χ3v) is 8.20. The second-order valence-electron chi connectivity index (χ2n) is 10.5. The number of allylic oxidation sites excluding steroid dienone is 4. The molecule has 1 aliphatic heterocycles. The van der Waals surface area contributed by atoms with E-state index in [4.69, 9.17) is 4.74 Å². The van der Waals surface area contributed by atoms with Gasteiger partial charge >= 0.3 is 0 Å². The van der Waals surface area contributed by atoms with Crippen LogP contribution in [0, 0.1) is 6.92 Å². The topological polar surface area (TPSA) is 83.6 Å². The highest BCUT2D eigenvalue weighted by atomic mass is 16.5. The number of Topliss-reactive ketones (excluding diaryl/α,β-unsaturated/α-hetero) is 1. The largest absolute Gasteiger partial charge is 0.474 e. The first kappa shape index (κ1) is 26.9. The Morgan fingerprint density at radius 1 is 1.15 bits per heavy atom. The van der Waals surface area contributed by atoms with E-state index in [1.165, 1.54) is 0 Å². The number of aromatic nitrogens is 1. The molecule has 2 aliphatic carbocycles. The van der Waals surface area contributed by atoms with Crippen LogP contribution in [0.15, 0.2) is 52.8 Å². The van der Waals surface area contributed by atoms with Gasteiger partial charge in [-0.05, 0) is 85.8 Å². The fourth-order valence-corrected chi connectivity index (χ4v) is 5.88. The lowest BCUT2D eigenvalue weighted by atomic mass is 9.95. The number of benzene rings is 1. The van der Waals surface area contributed by atoms with E-state index < -0.39 is 0 Å². The molecule has 2 heterocycles. The third-order valence-electron chi connectivity index (χ3n) is 8.20. The number of carbonyl (C=O) groups is 2. The lowest BCUT2D eigenvalue weighted by molar-refractivity contribution is -0.117. The van der Waals surface area contributed by atoms with Crippen molar-refractivity contribution >= 4 is 23.0 Å². The van der Waals surface area contributed by atoms with Crippen LogP contribution < -0.4 is 15.4 Å². The number of ether oxygens (including phenoxy) is 1. The van der Waals surface area contributed by atoms with Crippen molar-refractivity contribution in [2.45, 2.75) is 47.5 Å². The Bertz CT molecular complexity index is 1430. The highest BCUT2D eigenvalue weighted by molar-refractivity contribution is 6.26. The zero-order valence-corrected chi connectivity index (χ0v) is 23.7. The maximum absolute atomic E-state index is 13.2. The third kappa shape index (κ3) is 5.15. The summed E-state index contributed by atoms with van der Waals surface area (Å²) in [5.41, 5.74) is 10.6. The van der Waals surface area contributed by atoms with E-state index in [2.05, 4.69) is 59.5 Å². The number of hydrogen-bond acceptors (Lipinski definition) is 6. The van der Waals surface area contributed by atoms with Gasteiger partial charge in [0.15, 0.2) is 5.78 Å². The van der Waals surface area contributed by atoms with Crippen LogP contribution in [0.3, 0.4) is 0 Å². The van der Waals surface area contributed by atoms with Gasteiger partial charge in [0.2, 0.25) is 5.88 Å². The molecular weight excluding hydrogens is 488 g/mol. The molecule has 39 heavy (non-hydrogen) atoms. The Morgan fingerprint density at radius 3 is 2.72 bits per heavy atom. The zero-order chi connectivity index (χ0) is 27.7. The molecule has 0 spiro atoms. The van der Waals surface area contributed by atoms with Gasteiger partial charge in [-0.2, -0.15) is 0 Å². The van der Waals surface area contributed by atoms with Gasteiger partial charge in [0.1, 0.15) is 12.3 Å². The summed E-state index contributed by atoms with van der Waals surface area (Å²) in [7, 11) is 0. The molecule has 204 valence electrons. The second-order valence-corrected chi connectivity index (χ2v) is 10.5. The standard InChI is InChI=1S/C32H38N4O3/c1-6-36(7-2)12-10-34-31(38)29-19(3)14-24(20(29)4)16-26-25-15-22(8-9-23(25)17-28(26)37)27-18-35-32-30(21(27)5)33-11-13-39-32/h8-9,15-16,18,33H,6-7,10-14,17H2,1-5H3,(H,34,38)/b26-16-. The minimum absolute atomic E-state index is 0.0287. The smallest absolute Gasteiger partial charge is 0.251 e. The molecule has 2 aromatic rings. The van der Waals surface area contributed by atoms with E-state index in [-0.39, 0.29) is 11.7 Å². The van der Waals surface area contributed by atoms with Crippen molar-refractivity contribution in [3.63, 3.8) is 0 Å². The van der Waals surface area contributed by atoms with Gasteiger partial charge in [0.25, 0.3) is 5.91 Å². The number of fused-ring (bicyclic) bond motifs is 2. The average Bonchev–Trinajstić information content (AvgIpc) is 3.40. The maximum Gasteiger partial charge on any atom is 0.251 e. The number of anilines is 1. The minimum atomic E-state index is -0.0287. The van der Waals surface area contributed by atoms with Crippen molar-refractivity contribution in [2.24, 2.45) is 0 Å². The molecule has 0 bridgehead atoms. The molecule has 5 rings (SSSR count). The van der Waals surface area contributed by atoms with Crippen molar-refractivity contribution in [2.75, 3.05) is 44.6 Å². The number of carbonyl (C=O) groups excluding carboxylic acids is 2. The first-order valence-electron chi connectivity index (χ1n) is 14.0. The molecule has 0 saturated carbocycles. The molecule has 0 fully saturated rings. The van der Waals surface area contributed by atoms with Crippen molar-refractivity contribution in [1.82, 2.24) is 15.2 Å². The van der Waals surface area contributed by atoms with E-state index in [0.717, 1.165) is 87.5 Å². The van der Waals surface area contributed by atoms with Crippen LogP contribution in [0.1, 0.15) is 50.8 Å². The van der Waals surface area contributed by atoms with Crippen LogP contribution in [-0.4, -0.2) is 60.9 Å². The summed E-state index contributed by atoms with van der Waals surface area (Å²) in [6.07, 6.45) is 4.94. The summed E-state index contributed by atoms with van der Waals surface area (Å²) in [5.74, 6) is 0.727. The molecule has 0 radical (unpaired) electrons. The number of rotatable bonds is 8. The fraction of sp³-hybridized carbons (Fsp3) is 0.406. The van der Waals surface area contributed by atoms with Gasteiger partial charge in [-0.1, -0.05) is 31.6 Å². The Labute approximate surface area is 231 Å². The lowest BCUT2D eigenvalue weighted by Crippen LogP contribution is -2.35. The SMILES string of the molecule is CCN(CC)CCNC(=O)C1=C(C)CC(/C=C2\C(=O)Cc3ccc(-c4cnc5c(c4C)NCCO5)cc32)=C1C. The Balaban J connectivity index is 1.41. The van der Waals surface area contributed by atoms with Crippen molar-refractivity contribution < 1.29 is 14.3 Å². The lowest BCUT2D eigenvalue weighted by Gasteiger charge is -2.21. The molecule has 7 heteroatoms. The molecule has 0 saturated heterocycles. The molecular formula is C32H38N4O3. The predicted octanol–water partition coefficient (Wildman–Crippen LogP) is 4.86. The Morgan fingerprint density at radius 2 is 1.95 bits per heavy atom. The minimum Gasteiger partial charge on any atom is -0.474 e. The van der Waals surface area contributed by atoms with Gasteiger partial charge in [-0.15, -0.1) is 0 Å². The monoisotopic (exact) mass is 526 g/mol. The normalized spacial score (nSPS) is 17.5. The predicted molar refractivity (Wildman–Crippen MR) is 156 cm³/mol. The summed E-state index contributed by atoms with van der Waals surface area (Å²) in [6.45, 7) is 15.1. The summed E-state index contributed by atoms with van der Waals surface area (Å²) in [4.78, 5) is 33.1. The summed E-state index contributed by atoms with van der Waals surface area (Å²) >= 11 is 0. The Kier molecular flexibility index (Phi) is 7.71. The molecule has 1 amide bonds. The molecule has 0 atom stereocenters. The zero-order valence-electron chi connectivity index (χ0n) is 23.7. The number of amides is 1. The van der Waals surface area contributed by atoms with E-state index in [1.807, 2.05) is 26.1 Å². The number of hydrogen-bond donors (Lipinski definition) is 2. The van der Waals surface area contributed by atoms with Crippen LogP contribution in [0.4, 0.5) is 5.69 Å². The fourth-order valence-electron chi connectivity index (χ4n) is 5.88. The maximum atomic E-state index is 13.2.